The lowest BCUT2D eigenvalue weighted by Crippen LogP contribution is -2.38. The van der Waals surface area contributed by atoms with E-state index >= 15 is 0 Å². The Morgan fingerprint density at radius 1 is 1.13 bits per heavy atom. The van der Waals surface area contributed by atoms with Crippen LogP contribution in [0.2, 0.25) is 0 Å². The van der Waals surface area contributed by atoms with Crippen molar-refractivity contribution in [3.8, 4) is 0 Å². The third-order valence-corrected chi connectivity index (χ3v) is 8.53. The quantitative estimate of drug-likeness (QED) is 0.697. The molecule has 0 radical (unpaired) electrons. The van der Waals surface area contributed by atoms with Crippen LogP contribution < -0.4 is 0 Å². The third kappa shape index (κ3) is 2.71. The molecule has 1 fully saturated rings. The predicted molar refractivity (Wildman–Crippen MR) is 94.4 cm³/mol. The number of benzene rings is 1. The van der Waals surface area contributed by atoms with E-state index in [4.69, 9.17) is 4.98 Å². The molecular weight excluding hydrogens is 348 g/mol. The van der Waals surface area contributed by atoms with Crippen LogP contribution in [0.15, 0.2) is 46.0 Å². The Bertz CT molecular complexity index is 883. The molecule has 0 spiro atoms. The van der Waals surface area contributed by atoms with Crippen molar-refractivity contribution in [1.82, 2.24) is 9.29 Å². The molecule has 3 heterocycles. The highest BCUT2D eigenvalue weighted by Gasteiger charge is 2.36. The van der Waals surface area contributed by atoms with Gasteiger partial charge in [0.25, 0.3) is 10.0 Å². The van der Waals surface area contributed by atoms with Crippen molar-refractivity contribution in [1.29, 1.82) is 0 Å². The van der Waals surface area contributed by atoms with Crippen LogP contribution in [0.3, 0.4) is 0 Å². The van der Waals surface area contributed by atoms with E-state index in [-0.39, 0.29) is 6.04 Å². The lowest BCUT2D eigenvalue weighted by molar-refractivity contribution is 0.256. The molecule has 23 heavy (non-hydrogen) atoms. The molecule has 0 N–H and O–H groups in total. The van der Waals surface area contributed by atoms with Crippen LogP contribution in [0.5, 0.6) is 0 Å². The molecule has 1 atom stereocenters. The summed E-state index contributed by atoms with van der Waals surface area (Å²) in [6, 6.07) is 11.3. The minimum Gasteiger partial charge on any atom is -0.239 e. The van der Waals surface area contributed by atoms with E-state index in [9.17, 15) is 8.42 Å². The zero-order valence-electron chi connectivity index (χ0n) is 12.4. The Labute approximate surface area is 143 Å². The first-order valence-electron chi connectivity index (χ1n) is 7.57. The Morgan fingerprint density at radius 2 is 2.00 bits per heavy atom. The molecule has 120 valence electrons. The second-order valence-electron chi connectivity index (χ2n) is 5.58. The number of thiophene rings is 1. The average molecular weight is 365 g/mol. The fraction of sp³-hybridized carbons (Fsp3) is 0.312. The topological polar surface area (TPSA) is 50.3 Å². The standard InChI is InChI=1S/C16H16N2O2S3/c19-23(20,15-9-5-11-21-15)18-10-4-3-7-13(18)16-17-12-6-1-2-8-14(12)22-16/h1-2,5-6,8-9,11,13H,3-4,7,10H2. The molecule has 3 aromatic rings. The van der Waals surface area contributed by atoms with Crippen LogP contribution in [0.25, 0.3) is 10.2 Å². The van der Waals surface area contributed by atoms with Gasteiger partial charge in [0, 0.05) is 6.54 Å². The summed E-state index contributed by atoms with van der Waals surface area (Å²) in [7, 11) is -3.43. The van der Waals surface area contributed by atoms with Gasteiger partial charge in [-0.1, -0.05) is 24.6 Å². The van der Waals surface area contributed by atoms with Gasteiger partial charge in [-0.15, -0.1) is 22.7 Å². The first-order chi connectivity index (χ1) is 11.2. The van der Waals surface area contributed by atoms with Gasteiger partial charge in [-0.25, -0.2) is 13.4 Å². The van der Waals surface area contributed by atoms with Crippen molar-refractivity contribution in [2.24, 2.45) is 0 Å². The Balaban J connectivity index is 1.76. The Hall–Kier alpha value is -1.28. The van der Waals surface area contributed by atoms with Crippen molar-refractivity contribution in [2.75, 3.05) is 6.54 Å². The summed E-state index contributed by atoms with van der Waals surface area (Å²) in [6.45, 7) is 0.570. The zero-order valence-corrected chi connectivity index (χ0v) is 14.8. The molecule has 4 nitrogen and oxygen atoms in total. The fourth-order valence-corrected chi connectivity index (χ4v) is 6.96. The molecule has 1 aliphatic heterocycles. The Morgan fingerprint density at radius 3 is 2.78 bits per heavy atom. The van der Waals surface area contributed by atoms with Gasteiger partial charge in [0.15, 0.2) is 0 Å². The minimum atomic E-state index is -3.43. The smallest absolute Gasteiger partial charge is 0.239 e. The number of aromatic nitrogens is 1. The van der Waals surface area contributed by atoms with Crippen LogP contribution in [0, 0.1) is 0 Å². The normalized spacial score (nSPS) is 20.1. The van der Waals surface area contributed by atoms with Gasteiger partial charge >= 0.3 is 0 Å². The Kier molecular flexibility index (Phi) is 3.96. The van der Waals surface area contributed by atoms with Crippen molar-refractivity contribution < 1.29 is 8.42 Å². The second-order valence-corrected chi connectivity index (χ2v) is 9.71. The van der Waals surface area contributed by atoms with E-state index in [1.165, 1.54) is 11.3 Å². The van der Waals surface area contributed by atoms with E-state index in [0.29, 0.717) is 10.8 Å². The molecule has 0 saturated carbocycles. The molecule has 1 unspecified atom stereocenters. The first kappa shape index (κ1) is 15.3. The van der Waals surface area contributed by atoms with Crippen molar-refractivity contribution in [3.63, 3.8) is 0 Å². The SMILES string of the molecule is O=S(=O)(c1cccs1)N1CCCCC1c1nc2ccccc2s1. The zero-order chi connectivity index (χ0) is 15.9. The molecular formula is C16H16N2O2S3. The fourth-order valence-electron chi connectivity index (χ4n) is 3.00. The molecule has 4 rings (SSSR count). The number of fused-ring (bicyclic) bond motifs is 1. The molecule has 1 aliphatic rings. The highest BCUT2D eigenvalue weighted by Crippen LogP contribution is 2.39. The molecule has 2 aromatic heterocycles. The van der Waals surface area contributed by atoms with Crippen LogP contribution >= 0.6 is 22.7 Å². The highest BCUT2D eigenvalue weighted by molar-refractivity contribution is 7.91. The van der Waals surface area contributed by atoms with E-state index in [0.717, 1.165) is 34.5 Å². The molecule has 0 bridgehead atoms. The van der Waals surface area contributed by atoms with Crippen LogP contribution in [-0.2, 0) is 10.0 Å². The second kappa shape index (κ2) is 5.98. The summed E-state index contributed by atoms with van der Waals surface area (Å²) in [5, 5.41) is 2.72. The number of nitrogens with zero attached hydrogens (tertiary/aromatic N) is 2. The summed E-state index contributed by atoms with van der Waals surface area (Å²) >= 11 is 2.89. The number of rotatable bonds is 3. The van der Waals surface area contributed by atoms with Crippen LogP contribution in [0.1, 0.15) is 30.3 Å². The van der Waals surface area contributed by atoms with Crippen molar-refractivity contribution in [3.05, 3.63) is 46.8 Å². The summed E-state index contributed by atoms with van der Waals surface area (Å²) in [5.41, 5.74) is 0.951. The summed E-state index contributed by atoms with van der Waals surface area (Å²) in [5.74, 6) is 0. The van der Waals surface area contributed by atoms with Gasteiger partial charge in [0.1, 0.15) is 9.22 Å². The van der Waals surface area contributed by atoms with Crippen molar-refractivity contribution in [2.45, 2.75) is 29.5 Å². The van der Waals surface area contributed by atoms with Crippen LogP contribution in [-0.4, -0.2) is 24.3 Å². The maximum absolute atomic E-state index is 13.0. The lowest BCUT2D eigenvalue weighted by Gasteiger charge is -2.32. The molecule has 1 saturated heterocycles. The molecule has 1 aromatic carbocycles. The predicted octanol–water partition coefficient (Wildman–Crippen LogP) is 4.27. The number of para-hydroxylation sites is 1. The van der Waals surface area contributed by atoms with Gasteiger partial charge in [0.2, 0.25) is 0 Å². The largest absolute Gasteiger partial charge is 0.253 e. The third-order valence-electron chi connectivity index (χ3n) is 4.11. The first-order valence-corrected chi connectivity index (χ1v) is 10.7. The summed E-state index contributed by atoms with van der Waals surface area (Å²) < 4.78 is 29.1. The monoisotopic (exact) mass is 364 g/mol. The van der Waals surface area contributed by atoms with E-state index < -0.39 is 10.0 Å². The minimum absolute atomic E-state index is 0.145. The summed E-state index contributed by atoms with van der Waals surface area (Å²) in [4.78, 5) is 4.70. The number of sulfonamides is 1. The van der Waals surface area contributed by atoms with E-state index in [1.807, 2.05) is 29.6 Å². The maximum atomic E-state index is 13.0. The number of hydrogen-bond donors (Lipinski definition) is 0. The van der Waals surface area contributed by atoms with Crippen LogP contribution in [0.4, 0.5) is 0 Å². The van der Waals surface area contributed by atoms with Gasteiger partial charge in [-0.2, -0.15) is 4.31 Å². The van der Waals surface area contributed by atoms with Gasteiger partial charge < -0.3 is 0 Å². The van der Waals surface area contributed by atoms with Gasteiger partial charge in [0.05, 0.1) is 16.3 Å². The highest BCUT2D eigenvalue weighted by atomic mass is 32.2. The lowest BCUT2D eigenvalue weighted by atomic mass is 10.1. The number of thiazole rings is 1. The number of hydrogen-bond acceptors (Lipinski definition) is 5. The summed E-state index contributed by atoms with van der Waals surface area (Å²) in [6.07, 6.45) is 2.79. The van der Waals surface area contributed by atoms with Gasteiger partial charge in [-0.3, -0.25) is 0 Å². The number of piperidine rings is 1. The molecule has 7 heteroatoms. The van der Waals surface area contributed by atoms with E-state index in [1.54, 1.807) is 27.8 Å². The van der Waals surface area contributed by atoms with E-state index in [2.05, 4.69) is 0 Å². The molecule has 0 aliphatic carbocycles. The maximum Gasteiger partial charge on any atom is 0.253 e. The van der Waals surface area contributed by atoms with Crippen molar-refractivity contribution >= 4 is 42.9 Å². The average Bonchev–Trinajstić information content (AvgIpc) is 3.24. The van der Waals surface area contributed by atoms with Gasteiger partial charge in [-0.05, 0) is 36.4 Å². The molecule has 0 amide bonds.